The number of nitrogen functional groups attached to an aromatic ring is 1. The van der Waals surface area contributed by atoms with Gasteiger partial charge in [0.15, 0.2) is 0 Å². The van der Waals surface area contributed by atoms with E-state index < -0.39 is 0 Å². The molecule has 0 fully saturated rings. The van der Waals surface area contributed by atoms with Gasteiger partial charge in [-0.25, -0.2) is 0 Å². The normalized spacial score (nSPS) is 10.2. The van der Waals surface area contributed by atoms with Gasteiger partial charge in [0, 0.05) is 18.7 Å². The van der Waals surface area contributed by atoms with E-state index in [0.29, 0.717) is 13.0 Å². The van der Waals surface area contributed by atoms with Crippen molar-refractivity contribution in [3.63, 3.8) is 0 Å². The molecule has 3 nitrogen and oxygen atoms in total. The maximum absolute atomic E-state index is 11.8. The van der Waals surface area contributed by atoms with Crippen LogP contribution < -0.4 is 11.1 Å². The summed E-state index contributed by atoms with van der Waals surface area (Å²) in [7, 11) is 0. The molecule has 0 aromatic heterocycles. The minimum absolute atomic E-state index is 0.0717. The molecule has 0 bridgehead atoms. The lowest BCUT2D eigenvalue weighted by Crippen LogP contribution is -2.22. The van der Waals surface area contributed by atoms with E-state index >= 15 is 0 Å². The number of carbonyl (C=O) groups excluding carboxylic acids is 1. The average Bonchev–Trinajstić information content (AvgIpc) is 2.46. The molecule has 0 aliphatic heterocycles. The highest BCUT2D eigenvalue weighted by molar-refractivity contribution is 5.76. The molecule has 20 heavy (non-hydrogen) atoms. The first-order valence-electron chi connectivity index (χ1n) is 6.80. The van der Waals surface area contributed by atoms with E-state index in [0.717, 1.165) is 23.2 Å². The number of hydrogen-bond acceptors (Lipinski definition) is 2. The molecule has 0 atom stereocenters. The van der Waals surface area contributed by atoms with Crippen LogP contribution in [-0.2, 0) is 17.8 Å². The molecule has 2 aromatic carbocycles. The largest absolute Gasteiger partial charge is 0.399 e. The molecule has 0 aliphatic rings. The molecule has 0 spiro atoms. The topological polar surface area (TPSA) is 55.1 Å². The third-order valence-electron chi connectivity index (χ3n) is 3.23. The summed E-state index contributed by atoms with van der Waals surface area (Å²) in [4.78, 5) is 11.8. The predicted octanol–water partition coefficient (Wildman–Crippen LogP) is 2.83. The average molecular weight is 268 g/mol. The summed E-state index contributed by atoms with van der Waals surface area (Å²) < 4.78 is 0. The lowest BCUT2D eigenvalue weighted by molar-refractivity contribution is -0.121. The number of nitrogens with one attached hydrogen (secondary N) is 1. The summed E-state index contributed by atoms with van der Waals surface area (Å²) in [6.45, 7) is 2.63. The molecule has 2 rings (SSSR count). The van der Waals surface area contributed by atoms with E-state index in [1.165, 1.54) is 5.56 Å². The highest BCUT2D eigenvalue weighted by Gasteiger charge is 2.02. The van der Waals surface area contributed by atoms with Crippen LogP contribution in [-0.4, -0.2) is 5.91 Å². The number of carbonyl (C=O) groups is 1. The molecule has 104 valence electrons. The van der Waals surface area contributed by atoms with Crippen LogP contribution in [0, 0.1) is 6.92 Å². The second-order valence-electron chi connectivity index (χ2n) is 5.00. The third kappa shape index (κ3) is 4.43. The number of amides is 1. The third-order valence-corrected chi connectivity index (χ3v) is 3.23. The predicted molar refractivity (Wildman–Crippen MR) is 82.2 cm³/mol. The first-order chi connectivity index (χ1) is 9.63. The number of anilines is 1. The van der Waals surface area contributed by atoms with E-state index in [4.69, 9.17) is 5.73 Å². The van der Waals surface area contributed by atoms with Crippen molar-refractivity contribution in [1.29, 1.82) is 0 Å². The van der Waals surface area contributed by atoms with E-state index in [1.54, 1.807) is 0 Å². The first kappa shape index (κ1) is 14.1. The highest BCUT2D eigenvalue weighted by atomic mass is 16.1. The van der Waals surface area contributed by atoms with Crippen LogP contribution in [0.3, 0.4) is 0 Å². The molecule has 0 saturated heterocycles. The van der Waals surface area contributed by atoms with Crippen LogP contribution in [0.4, 0.5) is 5.69 Å². The first-order valence-corrected chi connectivity index (χ1v) is 6.80. The Balaban J connectivity index is 1.75. The monoisotopic (exact) mass is 268 g/mol. The van der Waals surface area contributed by atoms with Gasteiger partial charge in [-0.2, -0.15) is 0 Å². The van der Waals surface area contributed by atoms with Crippen LogP contribution in [0.15, 0.2) is 48.5 Å². The van der Waals surface area contributed by atoms with Crippen LogP contribution in [0.2, 0.25) is 0 Å². The van der Waals surface area contributed by atoms with Crippen LogP contribution in [0.25, 0.3) is 0 Å². The Hall–Kier alpha value is -2.29. The van der Waals surface area contributed by atoms with Crippen LogP contribution >= 0.6 is 0 Å². The van der Waals surface area contributed by atoms with Crippen molar-refractivity contribution in [2.45, 2.75) is 26.3 Å². The van der Waals surface area contributed by atoms with Gasteiger partial charge in [0.05, 0.1) is 0 Å². The fraction of sp³-hybridized carbons (Fsp3) is 0.235. The Morgan fingerprint density at radius 2 is 1.60 bits per heavy atom. The summed E-state index contributed by atoms with van der Waals surface area (Å²) >= 11 is 0. The maximum Gasteiger partial charge on any atom is 0.220 e. The molecule has 3 N–H and O–H groups in total. The molecule has 0 saturated carbocycles. The summed E-state index contributed by atoms with van der Waals surface area (Å²) in [5.41, 5.74) is 9.85. The molecular weight excluding hydrogens is 248 g/mol. The standard InChI is InChI=1S/C17H20N2O/c1-13-2-4-15(5-3-13)12-19-17(20)11-8-14-6-9-16(18)10-7-14/h2-7,9-10H,8,11-12,18H2,1H3,(H,19,20). The van der Waals surface area contributed by atoms with Crippen molar-refractivity contribution in [1.82, 2.24) is 5.32 Å². The van der Waals surface area contributed by atoms with Crippen molar-refractivity contribution in [2.24, 2.45) is 0 Å². The van der Waals surface area contributed by atoms with Gasteiger partial charge >= 0.3 is 0 Å². The second kappa shape index (κ2) is 6.75. The molecule has 0 heterocycles. The molecular formula is C17H20N2O. The van der Waals surface area contributed by atoms with Crippen molar-refractivity contribution in [3.8, 4) is 0 Å². The molecule has 0 unspecified atom stereocenters. The quantitative estimate of drug-likeness (QED) is 0.819. The van der Waals surface area contributed by atoms with Gasteiger partial charge in [0.1, 0.15) is 0 Å². The van der Waals surface area contributed by atoms with Gasteiger partial charge in [-0.15, -0.1) is 0 Å². The summed E-state index contributed by atoms with van der Waals surface area (Å²) in [6, 6.07) is 15.8. The summed E-state index contributed by atoms with van der Waals surface area (Å²) in [5.74, 6) is 0.0717. The van der Waals surface area contributed by atoms with E-state index in [-0.39, 0.29) is 5.91 Å². The minimum Gasteiger partial charge on any atom is -0.399 e. The Bertz CT molecular complexity index is 507. The highest BCUT2D eigenvalue weighted by Crippen LogP contribution is 2.08. The zero-order chi connectivity index (χ0) is 14.4. The molecule has 2 aromatic rings. The smallest absolute Gasteiger partial charge is 0.220 e. The molecule has 3 heteroatoms. The zero-order valence-electron chi connectivity index (χ0n) is 11.7. The second-order valence-corrected chi connectivity index (χ2v) is 5.00. The van der Waals surface area contributed by atoms with Gasteiger partial charge in [-0.1, -0.05) is 42.0 Å². The van der Waals surface area contributed by atoms with Gasteiger partial charge in [-0.05, 0) is 36.6 Å². The number of hydrogen-bond donors (Lipinski definition) is 2. The van der Waals surface area contributed by atoms with Crippen LogP contribution in [0.1, 0.15) is 23.1 Å². The molecule has 1 amide bonds. The van der Waals surface area contributed by atoms with Gasteiger partial charge in [0.25, 0.3) is 0 Å². The maximum atomic E-state index is 11.8. The Labute approximate surface area is 119 Å². The summed E-state index contributed by atoms with van der Waals surface area (Å²) in [6.07, 6.45) is 1.23. The molecule has 0 aliphatic carbocycles. The number of benzene rings is 2. The lowest BCUT2D eigenvalue weighted by atomic mass is 10.1. The van der Waals surface area contributed by atoms with Gasteiger partial charge < -0.3 is 11.1 Å². The van der Waals surface area contributed by atoms with Crippen molar-refractivity contribution in [2.75, 3.05) is 5.73 Å². The fourth-order valence-electron chi connectivity index (χ4n) is 1.94. The van der Waals surface area contributed by atoms with Crippen molar-refractivity contribution in [3.05, 3.63) is 65.2 Å². The minimum atomic E-state index is 0.0717. The zero-order valence-corrected chi connectivity index (χ0v) is 11.7. The SMILES string of the molecule is Cc1ccc(CNC(=O)CCc2ccc(N)cc2)cc1. The fourth-order valence-corrected chi connectivity index (χ4v) is 1.94. The Morgan fingerprint density at radius 1 is 1.00 bits per heavy atom. The van der Waals surface area contributed by atoms with Crippen LogP contribution in [0.5, 0.6) is 0 Å². The lowest BCUT2D eigenvalue weighted by Gasteiger charge is -2.06. The Morgan fingerprint density at radius 3 is 2.25 bits per heavy atom. The van der Waals surface area contributed by atoms with Gasteiger partial charge in [-0.3, -0.25) is 4.79 Å². The van der Waals surface area contributed by atoms with E-state index in [9.17, 15) is 4.79 Å². The molecule has 0 radical (unpaired) electrons. The van der Waals surface area contributed by atoms with Gasteiger partial charge in [0.2, 0.25) is 5.91 Å². The number of aryl methyl sites for hydroxylation is 2. The van der Waals surface area contributed by atoms with Crippen molar-refractivity contribution < 1.29 is 4.79 Å². The van der Waals surface area contributed by atoms with Crippen molar-refractivity contribution >= 4 is 11.6 Å². The van der Waals surface area contributed by atoms with E-state index in [1.807, 2.05) is 36.4 Å². The Kier molecular flexibility index (Phi) is 4.77. The summed E-state index contributed by atoms with van der Waals surface area (Å²) in [5, 5.41) is 2.94. The number of rotatable bonds is 5. The van der Waals surface area contributed by atoms with E-state index in [2.05, 4.69) is 24.4 Å². The number of nitrogens with two attached hydrogens (primary N) is 1.